The van der Waals surface area contributed by atoms with Crippen LogP contribution in [-0.4, -0.2) is 0 Å². The number of benzene rings is 1. The zero-order chi connectivity index (χ0) is 15.2. The highest BCUT2D eigenvalue weighted by Gasteiger charge is 2.29. The summed E-state index contributed by atoms with van der Waals surface area (Å²) < 4.78 is 10.8. The molecule has 3 aliphatic heterocycles. The van der Waals surface area contributed by atoms with Gasteiger partial charge in [0.15, 0.2) is 0 Å². The molecule has 0 fully saturated rings. The summed E-state index contributed by atoms with van der Waals surface area (Å²) in [5, 5.41) is 0. The summed E-state index contributed by atoms with van der Waals surface area (Å²) in [5.41, 5.74) is 0. The van der Waals surface area contributed by atoms with E-state index >= 15 is 0 Å². The first kappa shape index (κ1) is 15.1. The number of thioether (sulfide) groups is 6. The molecule has 0 saturated heterocycles. The summed E-state index contributed by atoms with van der Waals surface area (Å²) in [6.45, 7) is 0. The molecule has 23 heavy (non-hydrogen) atoms. The lowest BCUT2D eigenvalue weighted by atomic mass is 10.4. The van der Waals surface area contributed by atoms with Crippen molar-refractivity contribution in [3.8, 4) is 0 Å². The Kier molecular flexibility index (Phi) is 4.12. The highest BCUT2D eigenvalue weighted by molar-refractivity contribution is 8.41. The molecule has 0 saturated carbocycles. The molecule has 2 aromatic rings. The Labute approximate surface area is 159 Å². The normalized spacial score (nSPS) is 18.8. The number of rotatable bonds is 1. The maximum atomic E-state index is 5.29. The van der Waals surface area contributed by atoms with Gasteiger partial charge in [0.25, 0.3) is 0 Å². The zero-order valence-corrected chi connectivity index (χ0v) is 16.4. The molecule has 0 amide bonds. The van der Waals surface area contributed by atoms with Crippen molar-refractivity contribution < 1.29 is 4.42 Å². The molecule has 4 heterocycles. The summed E-state index contributed by atoms with van der Waals surface area (Å²) in [5.74, 6) is 0. The molecule has 7 heteroatoms. The van der Waals surface area contributed by atoms with Crippen LogP contribution >= 0.6 is 70.6 Å². The van der Waals surface area contributed by atoms with Crippen LogP contribution in [0, 0.1) is 0 Å². The molecule has 0 bridgehead atoms. The van der Waals surface area contributed by atoms with Gasteiger partial charge in [0.1, 0.15) is 12.5 Å². The standard InChI is InChI=1S/C16H8OS6/c1-2-4-10-9(3-1)18-13(19-10)5-6-14-22-15-16(23-14)21-12-8-17-7-11(12)20-15/h1-8H. The van der Waals surface area contributed by atoms with Crippen molar-refractivity contribution in [1.29, 1.82) is 0 Å². The molecule has 114 valence electrons. The van der Waals surface area contributed by atoms with E-state index in [4.69, 9.17) is 4.42 Å². The third kappa shape index (κ3) is 2.96. The van der Waals surface area contributed by atoms with E-state index in [1.165, 1.54) is 36.5 Å². The van der Waals surface area contributed by atoms with Crippen LogP contribution in [0.4, 0.5) is 0 Å². The van der Waals surface area contributed by atoms with Crippen LogP contribution < -0.4 is 0 Å². The smallest absolute Gasteiger partial charge is 0.105 e. The quantitative estimate of drug-likeness (QED) is 0.474. The first-order chi connectivity index (χ1) is 11.3. The van der Waals surface area contributed by atoms with Gasteiger partial charge in [-0.3, -0.25) is 0 Å². The molecule has 1 aromatic carbocycles. The molecular weight excluding hydrogens is 401 g/mol. The topological polar surface area (TPSA) is 13.1 Å². The van der Waals surface area contributed by atoms with Crippen molar-refractivity contribution in [3.05, 3.63) is 65.9 Å². The lowest BCUT2D eigenvalue weighted by Crippen LogP contribution is -1.79. The maximum Gasteiger partial charge on any atom is 0.105 e. The Bertz CT molecular complexity index is 830. The predicted molar refractivity (Wildman–Crippen MR) is 107 cm³/mol. The molecule has 0 N–H and O–H groups in total. The van der Waals surface area contributed by atoms with E-state index < -0.39 is 0 Å². The van der Waals surface area contributed by atoms with Crippen LogP contribution in [0.3, 0.4) is 0 Å². The highest BCUT2D eigenvalue weighted by Crippen LogP contribution is 2.64. The summed E-state index contributed by atoms with van der Waals surface area (Å²) in [4.78, 5) is 5.20. The first-order valence-corrected chi connectivity index (χ1v) is 11.6. The van der Waals surface area contributed by atoms with Crippen molar-refractivity contribution >= 4 is 70.6 Å². The Morgan fingerprint density at radius 1 is 0.609 bits per heavy atom. The molecule has 3 aliphatic rings. The van der Waals surface area contributed by atoms with Gasteiger partial charge in [-0.25, -0.2) is 0 Å². The number of furan rings is 1. The molecule has 0 aliphatic carbocycles. The third-order valence-electron chi connectivity index (χ3n) is 3.18. The molecular formula is C16H8OS6. The fourth-order valence-electron chi connectivity index (χ4n) is 2.16. The number of allylic oxidation sites excluding steroid dienone is 2. The van der Waals surface area contributed by atoms with Gasteiger partial charge in [0.2, 0.25) is 0 Å². The minimum atomic E-state index is 1.24. The van der Waals surface area contributed by atoms with Crippen molar-refractivity contribution in [1.82, 2.24) is 0 Å². The van der Waals surface area contributed by atoms with Crippen molar-refractivity contribution in [2.75, 3.05) is 0 Å². The molecule has 0 radical (unpaired) electrons. The van der Waals surface area contributed by atoms with Gasteiger partial charge in [-0.2, -0.15) is 0 Å². The molecule has 1 aromatic heterocycles. The van der Waals surface area contributed by atoms with Gasteiger partial charge >= 0.3 is 0 Å². The average Bonchev–Trinajstić information content (AvgIpc) is 3.26. The van der Waals surface area contributed by atoms with Crippen LogP contribution in [0.2, 0.25) is 0 Å². The second-order valence-electron chi connectivity index (χ2n) is 4.71. The van der Waals surface area contributed by atoms with Crippen LogP contribution in [0.1, 0.15) is 0 Å². The van der Waals surface area contributed by atoms with Crippen LogP contribution in [0.15, 0.2) is 89.9 Å². The van der Waals surface area contributed by atoms with Crippen molar-refractivity contribution in [2.24, 2.45) is 0 Å². The SMILES string of the molecule is C(C=C1Sc2ccccc2S1)=C1SC2=C(S1)Sc1cocc1S2. The Balaban J connectivity index is 1.31. The summed E-state index contributed by atoms with van der Waals surface area (Å²) in [6, 6.07) is 8.59. The van der Waals surface area contributed by atoms with Crippen LogP contribution in [0.5, 0.6) is 0 Å². The van der Waals surface area contributed by atoms with Gasteiger partial charge < -0.3 is 4.42 Å². The minimum absolute atomic E-state index is 1.24. The van der Waals surface area contributed by atoms with E-state index in [0.717, 1.165) is 0 Å². The van der Waals surface area contributed by atoms with Crippen molar-refractivity contribution in [2.45, 2.75) is 19.6 Å². The second-order valence-corrected chi connectivity index (χ2v) is 12.1. The van der Waals surface area contributed by atoms with E-state index in [0.29, 0.717) is 0 Å². The minimum Gasteiger partial charge on any atom is -0.470 e. The van der Waals surface area contributed by atoms with Crippen LogP contribution in [0.25, 0.3) is 0 Å². The molecule has 1 nitrogen and oxygen atoms in total. The summed E-state index contributed by atoms with van der Waals surface area (Å²) in [6.07, 6.45) is 8.19. The molecule has 0 atom stereocenters. The average molecular weight is 409 g/mol. The van der Waals surface area contributed by atoms with Crippen LogP contribution in [-0.2, 0) is 0 Å². The van der Waals surface area contributed by atoms with Gasteiger partial charge in [-0.05, 0) is 24.3 Å². The largest absolute Gasteiger partial charge is 0.470 e. The Morgan fingerprint density at radius 2 is 1.13 bits per heavy atom. The fourth-order valence-corrected chi connectivity index (χ4v) is 9.97. The van der Waals surface area contributed by atoms with E-state index in [2.05, 4.69) is 36.4 Å². The molecule has 0 spiro atoms. The van der Waals surface area contributed by atoms with E-state index in [9.17, 15) is 0 Å². The van der Waals surface area contributed by atoms with Crippen molar-refractivity contribution in [3.63, 3.8) is 0 Å². The summed E-state index contributed by atoms with van der Waals surface area (Å²) >= 11 is 11.1. The Hall–Kier alpha value is -0.180. The number of hydrogen-bond acceptors (Lipinski definition) is 7. The summed E-state index contributed by atoms with van der Waals surface area (Å²) in [7, 11) is 0. The van der Waals surface area contributed by atoms with E-state index in [1.54, 1.807) is 0 Å². The second kappa shape index (κ2) is 6.28. The maximum absolute atomic E-state index is 5.29. The van der Waals surface area contributed by atoms with Gasteiger partial charge in [0.05, 0.1) is 22.5 Å². The van der Waals surface area contributed by atoms with E-state index in [-0.39, 0.29) is 0 Å². The fraction of sp³-hybridized carbons (Fsp3) is 0. The Morgan fingerprint density at radius 3 is 1.70 bits per heavy atom. The van der Waals surface area contributed by atoms with Gasteiger partial charge in [-0.1, -0.05) is 82.7 Å². The first-order valence-electron chi connectivity index (χ1n) is 6.74. The number of hydrogen-bond donors (Lipinski definition) is 0. The lowest BCUT2D eigenvalue weighted by molar-refractivity contribution is 0.558. The lowest BCUT2D eigenvalue weighted by Gasteiger charge is -2.09. The predicted octanol–water partition coefficient (Wildman–Crippen LogP) is 7.66. The molecule has 0 unspecified atom stereocenters. The zero-order valence-electron chi connectivity index (χ0n) is 11.5. The number of fused-ring (bicyclic) bond motifs is 2. The van der Waals surface area contributed by atoms with Gasteiger partial charge in [0, 0.05) is 14.0 Å². The van der Waals surface area contributed by atoms with Gasteiger partial charge in [-0.15, -0.1) is 0 Å². The third-order valence-corrected chi connectivity index (χ3v) is 11.1. The highest BCUT2D eigenvalue weighted by atomic mass is 32.3. The molecule has 5 rings (SSSR count). The monoisotopic (exact) mass is 408 g/mol. The van der Waals surface area contributed by atoms with E-state index in [1.807, 2.05) is 83.1 Å².